The predicted octanol–water partition coefficient (Wildman–Crippen LogP) is 2.89. The van der Waals surface area contributed by atoms with Crippen molar-refractivity contribution in [2.45, 2.75) is 19.4 Å². The van der Waals surface area contributed by atoms with E-state index in [0.717, 1.165) is 0 Å². The smallest absolute Gasteiger partial charge is 0.256 e. The third-order valence-corrected chi connectivity index (χ3v) is 3.60. The van der Waals surface area contributed by atoms with E-state index in [1.807, 2.05) is 0 Å². The summed E-state index contributed by atoms with van der Waals surface area (Å²) in [5, 5.41) is 13.3. The van der Waals surface area contributed by atoms with E-state index in [-0.39, 0.29) is 17.1 Å². The Bertz CT molecular complexity index is 679. The number of hydrogen-bond donors (Lipinski definition) is 2. The molecule has 0 aliphatic rings. The van der Waals surface area contributed by atoms with Crippen molar-refractivity contribution in [1.29, 1.82) is 0 Å². The van der Waals surface area contributed by atoms with Crippen molar-refractivity contribution < 1.29 is 19.1 Å². The number of halogens is 1. The minimum Gasteiger partial charge on any atom is -0.496 e. The van der Waals surface area contributed by atoms with Crippen LogP contribution in [0.2, 0.25) is 5.02 Å². The van der Waals surface area contributed by atoms with Crippen LogP contribution in [-0.2, 0) is 5.60 Å². The van der Waals surface area contributed by atoms with Gasteiger partial charge in [0.15, 0.2) is 0 Å². The Morgan fingerprint density at radius 2 is 2.14 bits per heavy atom. The Labute approximate surface area is 133 Å². The van der Waals surface area contributed by atoms with Crippen LogP contribution in [0.25, 0.3) is 0 Å². The van der Waals surface area contributed by atoms with E-state index in [2.05, 4.69) is 5.32 Å². The molecule has 0 radical (unpaired) electrons. The normalized spacial score (nSPS) is 13.5. The Balaban J connectivity index is 2.13. The molecule has 6 heteroatoms. The number of ether oxygens (including phenoxy) is 1. The second-order valence-corrected chi connectivity index (χ2v) is 5.59. The molecule has 22 heavy (non-hydrogen) atoms. The molecule has 1 unspecified atom stereocenters. The van der Waals surface area contributed by atoms with Crippen LogP contribution >= 0.6 is 11.6 Å². The lowest BCUT2D eigenvalue weighted by molar-refractivity contribution is 0.0323. The summed E-state index contributed by atoms with van der Waals surface area (Å²) in [4.78, 5) is 12.3. The summed E-state index contributed by atoms with van der Waals surface area (Å²) in [6.45, 7) is 3.33. The molecule has 0 saturated carbocycles. The van der Waals surface area contributed by atoms with Gasteiger partial charge in [-0.15, -0.1) is 0 Å². The molecule has 5 nitrogen and oxygen atoms in total. The molecule has 2 rings (SSSR count). The van der Waals surface area contributed by atoms with Gasteiger partial charge in [0.1, 0.15) is 22.9 Å². The van der Waals surface area contributed by atoms with Gasteiger partial charge in [-0.3, -0.25) is 4.79 Å². The quantitative estimate of drug-likeness (QED) is 0.887. The Hall–Kier alpha value is -1.98. The number of furan rings is 1. The topological polar surface area (TPSA) is 71.7 Å². The lowest BCUT2D eigenvalue weighted by atomic mass is 10.0. The first kappa shape index (κ1) is 16.4. The first-order valence-electron chi connectivity index (χ1n) is 6.75. The van der Waals surface area contributed by atoms with E-state index < -0.39 is 11.5 Å². The van der Waals surface area contributed by atoms with Crippen LogP contribution in [0.4, 0.5) is 0 Å². The standard InChI is InChI=1S/C16H18ClNO4/c1-10-7-8-13(22-10)16(2,20)9-18-15(19)14-11(17)5-4-6-12(14)21-3/h4-8,20H,9H2,1-3H3,(H,18,19). The van der Waals surface area contributed by atoms with Crippen molar-refractivity contribution in [2.24, 2.45) is 0 Å². The highest BCUT2D eigenvalue weighted by molar-refractivity contribution is 6.34. The maximum Gasteiger partial charge on any atom is 0.256 e. The van der Waals surface area contributed by atoms with Gasteiger partial charge < -0.3 is 19.6 Å². The van der Waals surface area contributed by atoms with Crippen molar-refractivity contribution in [3.8, 4) is 5.75 Å². The summed E-state index contributed by atoms with van der Waals surface area (Å²) in [5.41, 5.74) is -1.09. The molecule has 2 N–H and O–H groups in total. The van der Waals surface area contributed by atoms with Crippen LogP contribution in [0.15, 0.2) is 34.7 Å². The molecule has 0 spiro atoms. The van der Waals surface area contributed by atoms with E-state index in [9.17, 15) is 9.90 Å². The summed E-state index contributed by atoms with van der Waals surface area (Å²) in [5.74, 6) is 1.02. The number of aliphatic hydroxyl groups is 1. The largest absolute Gasteiger partial charge is 0.496 e. The summed E-state index contributed by atoms with van der Waals surface area (Å²) in [6.07, 6.45) is 0. The molecule has 2 aromatic rings. The number of aryl methyl sites for hydroxylation is 1. The van der Waals surface area contributed by atoms with Crippen LogP contribution in [-0.4, -0.2) is 24.7 Å². The van der Waals surface area contributed by atoms with Gasteiger partial charge in [-0.2, -0.15) is 0 Å². The maximum absolute atomic E-state index is 12.3. The zero-order chi connectivity index (χ0) is 16.3. The summed E-state index contributed by atoms with van der Waals surface area (Å²) in [7, 11) is 1.46. The molecule has 1 atom stereocenters. The van der Waals surface area contributed by atoms with Crippen molar-refractivity contribution >= 4 is 17.5 Å². The monoisotopic (exact) mass is 323 g/mol. The van der Waals surface area contributed by atoms with Gasteiger partial charge in [-0.25, -0.2) is 0 Å². The van der Waals surface area contributed by atoms with Crippen molar-refractivity contribution in [1.82, 2.24) is 5.32 Å². The first-order valence-corrected chi connectivity index (χ1v) is 7.13. The van der Waals surface area contributed by atoms with Crippen LogP contribution in [0.1, 0.15) is 28.8 Å². The van der Waals surface area contributed by atoms with E-state index in [1.54, 1.807) is 44.2 Å². The van der Waals surface area contributed by atoms with Crippen LogP contribution in [0, 0.1) is 6.92 Å². The molecule has 118 valence electrons. The fourth-order valence-electron chi connectivity index (χ4n) is 2.05. The second-order valence-electron chi connectivity index (χ2n) is 5.18. The number of amides is 1. The number of hydrogen-bond acceptors (Lipinski definition) is 4. The van der Waals surface area contributed by atoms with Gasteiger partial charge in [0.2, 0.25) is 0 Å². The van der Waals surface area contributed by atoms with E-state index in [4.69, 9.17) is 20.8 Å². The van der Waals surface area contributed by atoms with Gasteiger partial charge in [0.05, 0.1) is 24.2 Å². The Morgan fingerprint density at radius 3 is 2.73 bits per heavy atom. The molecule has 0 saturated heterocycles. The van der Waals surface area contributed by atoms with E-state index in [1.165, 1.54) is 7.11 Å². The molecule has 1 amide bonds. The zero-order valence-electron chi connectivity index (χ0n) is 12.6. The van der Waals surface area contributed by atoms with Gasteiger partial charge in [-0.05, 0) is 38.1 Å². The van der Waals surface area contributed by atoms with E-state index in [0.29, 0.717) is 17.3 Å². The Morgan fingerprint density at radius 1 is 1.41 bits per heavy atom. The van der Waals surface area contributed by atoms with Crippen molar-refractivity contribution in [3.05, 3.63) is 52.4 Å². The van der Waals surface area contributed by atoms with E-state index >= 15 is 0 Å². The van der Waals surface area contributed by atoms with Gasteiger partial charge >= 0.3 is 0 Å². The molecular weight excluding hydrogens is 306 g/mol. The number of methoxy groups -OCH3 is 1. The van der Waals surface area contributed by atoms with Crippen LogP contribution < -0.4 is 10.1 Å². The van der Waals surface area contributed by atoms with Gasteiger partial charge in [-0.1, -0.05) is 17.7 Å². The molecule has 1 heterocycles. The fourth-order valence-corrected chi connectivity index (χ4v) is 2.30. The Kier molecular flexibility index (Phi) is 4.78. The average Bonchev–Trinajstić information content (AvgIpc) is 2.92. The zero-order valence-corrected chi connectivity index (χ0v) is 13.4. The first-order chi connectivity index (χ1) is 10.3. The molecule has 0 aliphatic heterocycles. The molecule has 1 aromatic carbocycles. The number of carbonyl (C=O) groups is 1. The van der Waals surface area contributed by atoms with Gasteiger partial charge in [0.25, 0.3) is 5.91 Å². The summed E-state index contributed by atoms with van der Waals surface area (Å²) in [6, 6.07) is 8.38. The molecule has 1 aromatic heterocycles. The molecule has 0 fully saturated rings. The highest BCUT2D eigenvalue weighted by Gasteiger charge is 2.28. The number of rotatable bonds is 5. The fraction of sp³-hybridized carbons (Fsp3) is 0.312. The summed E-state index contributed by atoms with van der Waals surface area (Å²) < 4.78 is 10.5. The SMILES string of the molecule is COc1cccc(Cl)c1C(=O)NCC(C)(O)c1ccc(C)o1. The van der Waals surface area contributed by atoms with Crippen molar-refractivity contribution in [3.63, 3.8) is 0 Å². The predicted molar refractivity (Wildman–Crippen MR) is 83.4 cm³/mol. The van der Waals surface area contributed by atoms with Gasteiger partial charge in [0, 0.05) is 0 Å². The van der Waals surface area contributed by atoms with Crippen molar-refractivity contribution in [2.75, 3.05) is 13.7 Å². The summed E-state index contributed by atoms with van der Waals surface area (Å²) >= 11 is 6.05. The number of carbonyl (C=O) groups excluding carboxylic acids is 1. The second kappa shape index (κ2) is 6.42. The maximum atomic E-state index is 12.3. The van der Waals surface area contributed by atoms with Crippen LogP contribution in [0.3, 0.4) is 0 Å². The third-order valence-electron chi connectivity index (χ3n) is 3.29. The highest BCUT2D eigenvalue weighted by atomic mass is 35.5. The molecule has 0 aliphatic carbocycles. The van der Waals surface area contributed by atoms with Crippen LogP contribution in [0.5, 0.6) is 5.75 Å². The lowest BCUT2D eigenvalue weighted by Gasteiger charge is -2.21. The highest BCUT2D eigenvalue weighted by Crippen LogP contribution is 2.27. The minimum atomic E-state index is -1.32. The third kappa shape index (κ3) is 3.43. The lowest BCUT2D eigenvalue weighted by Crippen LogP contribution is -2.38. The number of benzene rings is 1. The molecule has 0 bridgehead atoms. The molecular formula is C16H18ClNO4. The minimum absolute atomic E-state index is 0.0207. The average molecular weight is 324 g/mol. The number of nitrogens with one attached hydrogen (secondary N) is 1.